The molecule has 0 radical (unpaired) electrons. The first-order valence-corrected chi connectivity index (χ1v) is 18.7. The Morgan fingerprint density at radius 2 is 1.00 bits per heavy atom. The summed E-state index contributed by atoms with van der Waals surface area (Å²) in [5, 5.41) is 2.67. The van der Waals surface area contributed by atoms with Crippen LogP contribution in [0.4, 0.5) is 0 Å². The molecule has 50 heavy (non-hydrogen) atoms. The molecule has 0 unspecified atom stereocenters. The van der Waals surface area contributed by atoms with Gasteiger partial charge in [-0.05, 0) is 101 Å². The van der Waals surface area contributed by atoms with Crippen molar-refractivity contribution in [3.8, 4) is 33.4 Å². The van der Waals surface area contributed by atoms with E-state index in [4.69, 9.17) is 0 Å². The standard InChI is InChI=1S/C49H42S/c1-47(2,3)32-14-11-16-34(29-32)49(35-17-12-15-33(30-35)48(4,5)6)42-22-9-7-18-37(42)38-25-24-31(28-43(38)49)36-26-27-45-46-40(36)20-13-21-41(46)39-19-8-10-23-44(39)50-45/h7-30H,1-6H3. The van der Waals surface area contributed by atoms with E-state index >= 15 is 0 Å². The van der Waals surface area contributed by atoms with Crippen LogP contribution in [0.15, 0.2) is 155 Å². The van der Waals surface area contributed by atoms with E-state index < -0.39 is 5.41 Å². The molecule has 0 nitrogen and oxygen atoms in total. The quantitative estimate of drug-likeness (QED) is 0.181. The van der Waals surface area contributed by atoms with Gasteiger partial charge in [0.1, 0.15) is 0 Å². The molecule has 9 rings (SSSR count). The summed E-state index contributed by atoms with van der Waals surface area (Å²) in [5.41, 5.74) is 15.5. The van der Waals surface area contributed by atoms with Crippen LogP contribution >= 0.6 is 11.8 Å². The Hall–Kier alpha value is -4.85. The van der Waals surface area contributed by atoms with Gasteiger partial charge in [0.25, 0.3) is 0 Å². The number of rotatable bonds is 3. The Morgan fingerprint density at radius 1 is 0.420 bits per heavy atom. The molecule has 7 aromatic carbocycles. The fourth-order valence-corrected chi connectivity index (χ4v) is 9.64. The summed E-state index contributed by atoms with van der Waals surface area (Å²) in [7, 11) is 0. The van der Waals surface area contributed by atoms with Crippen molar-refractivity contribution < 1.29 is 0 Å². The van der Waals surface area contributed by atoms with Gasteiger partial charge in [0.05, 0.1) is 5.41 Å². The maximum Gasteiger partial charge on any atom is 0.0713 e. The lowest BCUT2D eigenvalue weighted by atomic mass is 9.65. The SMILES string of the molecule is CC(C)(C)c1cccc(C2(c3cccc(C(C)(C)C)c3)c3ccccc3-c3ccc(-c4ccc5c6c(cccc46)-c4ccccc4S5)cc32)c1. The van der Waals surface area contributed by atoms with E-state index in [1.165, 1.54) is 87.3 Å². The van der Waals surface area contributed by atoms with E-state index in [9.17, 15) is 0 Å². The van der Waals surface area contributed by atoms with Gasteiger partial charge in [-0.15, -0.1) is 0 Å². The maximum atomic E-state index is 2.52. The average Bonchev–Trinajstić information content (AvgIpc) is 3.42. The minimum atomic E-state index is -0.481. The van der Waals surface area contributed by atoms with E-state index in [1.54, 1.807) is 0 Å². The molecule has 1 aliphatic carbocycles. The molecule has 0 spiro atoms. The molecule has 0 amide bonds. The minimum absolute atomic E-state index is 0.0211. The molecule has 0 saturated carbocycles. The van der Waals surface area contributed by atoms with E-state index in [0.717, 1.165) is 0 Å². The molecule has 0 saturated heterocycles. The number of hydrogen-bond donors (Lipinski definition) is 0. The van der Waals surface area contributed by atoms with Crippen molar-refractivity contribution in [2.75, 3.05) is 0 Å². The molecule has 1 heterocycles. The summed E-state index contributed by atoms with van der Waals surface area (Å²) in [4.78, 5) is 2.66. The molecule has 0 bridgehead atoms. The van der Waals surface area contributed by atoms with Crippen molar-refractivity contribution in [2.24, 2.45) is 0 Å². The minimum Gasteiger partial charge on any atom is -0.0888 e. The van der Waals surface area contributed by atoms with Crippen LogP contribution in [0.5, 0.6) is 0 Å². The van der Waals surface area contributed by atoms with Gasteiger partial charge in [-0.2, -0.15) is 0 Å². The first kappa shape index (κ1) is 31.2. The highest BCUT2D eigenvalue weighted by atomic mass is 32.2. The highest BCUT2D eigenvalue weighted by Gasteiger charge is 2.47. The second kappa shape index (κ2) is 11.1. The van der Waals surface area contributed by atoms with Crippen LogP contribution in [0.1, 0.15) is 74.9 Å². The smallest absolute Gasteiger partial charge is 0.0713 e. The van der Waals surface area contributed by atoms with E-state index in [-0.39, 0.29) is 10.8 Å². The van der Waals surface area contributed by atoms with E-state index in [0.29, 0.717) is 0 Å². The summed E-state index contributed by atoms with van der Waals surface area (Å²) in [6, 6.07) is 55.6. The third-order valence-electron chi connectivity index (χ3n) is 11.1. The van der Waals surface area contributed by atoms with Gasteiger partial charge in [0.2, 0.25) is 0 Å². The average molecular weight is 663 g/mol. The topological polar surface area (TPSA) is 0 Å². The van der Waals surface area contributed by atoms with Gasteiger partial charge >= 0.3 is 0 Å². The van der Waals surface area contributed by atoms with Crippen molar-refractivity contribution in [3.63, 3.8) is 0 Å². The zero-order valence-corrected chi connectivity index (χ0v) is 30.6. The Labute approximate surface area is 301 Å². The number of hydrogen-bond acceptors (Lipinski definition) is 1. The van der Waals surface area contributed by atoms with Gasteiger partial charge < -0.3 is 0 Å². The van der Waals surface area contributed by atoms with Crippen molar-refractivity contribution in [3.05, 3.63) is 179 Å². The maximum absolute atomic E-state index is 2.52. The van der Waals surface area contributed by atoms with Crippen LogP contribution < -0.4 is 0 Å². The number of benzene rings is 7. The second-order valence-corrected chi connectivity index (χ2v) is 17.2. The van der Waals surface area contributed by atoms with Gasteiger partial charge in [0, 0.05) is 15.2 Å². The molecule has 0 N–H and O–H groups in total. The molecule has 0 fully saturated rings. The highest BCUT2D eigenvalue weighted by molar-refractivity contribution is 7.99. The molecule has 2 aliphatic rings. The second-order valence-electron chi connectivity index (χ2n) is 16.2. The molecule has 244 valence electrons. The lowest BCUT2D eigenvalue weighted by Crippen LogP contribution is -2.30. The van der Waals surface area contributed by atoms with Crippen molar-refractivity contribution >= 4 is 22.5 Å². The lowest BCUT2D eigenvalue weighted by molar-refractivity contribution is 0.585. The summed E-state index contributed by atoms with van der Waals surface area (Å²) >= 11 is 1.89. The Bertz CT molecular complexity index is 2420. The fourth-order valence-electron chi connectivity index (χ4n) is 8.51. The van der Waals surface area contributed by atoms with Crippen LogP contribution in [0, 0.1) is 0 Å². The third-order valence-corrected chi connectivity index (χ3v) is 12.2. The van der Waals surface area contributed by atoms with Crippen LogP contribution in [-0.4, -0.2) is 0 Å². The predicted octanol–water partition coefficient (Wildman–Crippen LogP) is 13.6. The molecule has 1 heteroatoms. The van der Waals surface area contributed by atoms with Crippen molar-refractivity contribution in [1.29, 1.82) is 0 Å². The zero-order valence-electron chi connectivity index (χ0n) is 29.8. The third kappa shape index (κ3) is 4.60. The summed E-state index contributed by atoms with van der Waals surface area (Å²) in [6.07, 6.45) is 0. The van der Waals surface area contributed by atoms with Crippen molar-refractivity contribution in [1.82, 2.24) is 0 Å². The highest BCUT2D eigenvalue weighted by Crippen LogP contribution is 2.58. The molecule has 7 aromatic rings. The zero-order chi connectivity index (χ0) is 34.4. The Morgan fingerprint density at radius 3 is 1.70 bits per heavy atom. The van der Waals surface area contributed by atoms with Crippen molar-refractivity contribution in [2.45, 2.75) is 67.6 Å². The summed E-state index contributed by atoms with van der Waals surface area (Å²) in [6.45, 7) is 13.9. The predicted molar refractivity (Wildman–Crippen MR) is 214 cm³/mol. The Balaban J connectivity index is 1.35. The fraction of sp³-hybridized carbons (Fsp3) is 0.184. The van der Waals surface area contributed by atoms with Gasteiger partial charge in [-0.25, -0.2) is 0 Å². The normalized spacial score (nSPS) is 14.3. The molecule has 0 aromatic heterocycles. The van der Waals surface area contributed by atoms with Gasteiger partial charge in [-0.1, -0.05) is 181 Å². The Kier molecular flexibility index (Phi) is 6.90. The molecule has 1 aliphatic heterocycles. The summed E-state index contributed by atoms with van der Waals surface area (Å²) < 4.78 is 0. The monoisotopic (exact) mass is 662 g/mol. The lowest BCUT2D eigenvalue weighted by Gasteiger charge is -2.36. The van der Waals surface area contributed by atoms with E-state index in [1.807, 2.05) is 11.8 Å². The van der Waals surface area contributed by atoms with Gasteiger partial charge in [0.15, 0.2) is 0 Å². The van der Waals surface area contributed by atoms with Crippen LogP contribution in [0.25, 0.3) is 44.2 Å². The molecular formula is C49H42S. The largest absolute Gasteiger partial charge is 0.0888 e. The van der Waals surface area contributed by atoms with Crippen LogP contribution in [0.2, 0.25) is 0 Å². The first-order valence-electron chi connectivity index (χ1n) is 17.8. The van der Waals surface area contributed by atoms with Crippen LogP contribution in [-0.2, 0) is 16.2 Å². The van der Waals surface area contributed by atoms with Crippen LogP contribution in [0.3, 0.4) is 0 Å². The van der Waals surface area contributed by atoms with Gasteiger partial charge in [-0.3, -0.25) is 0 Å². The molecule has 0 atom stereocenters. The first-order chi connectivity index (χ1) is 24.0. The number of fused-ring (bicyclic) bond motifs is 5. The molecular weight excluding hydrogens is 621 g/mol. The summed E-state index contributed by atoms with van der Waals surface area (Å²) in [5.74, 6) is 0. The van der Waals surface area contributed by atoms with E-state index in [2.05, 4.69) is 187 Å².